The number of nitrogens with two attached hydrogens (primary N) is 1. The molecule has 2 unspecified atom stereocenters. The number of nitrogens with one attached hydrogen (secondary N) is 1. The third-order valence-corrected chi connectivity index (χ3v) is 5.23. The summed E-state index contributed by atoms with van der Waals surface area (Å²) < 4.78 is 0. The van der Waals surface area contributed by atoms with Gasteiger partial charge in [-0.3, -0.25) is 4.79 Å². The lowest BCUT2D eigenvalue weighted by Gasteiger charge is -2.26. The molecule has 4 rings (SSSR count). The van der Waals surface area contributed by atoms with E-state index >= 15 is 0 Å². The maximum absolute atomic E-state index is 12.6. The maximum atomic E-state index is 12.6. The quantitative estimate of drug-likeness (QED) is 0.832. The van der Waals surface area contributed by atoms with Crippen molar-refractivity contribution in [3.63, 3.8) is 0 Å². The SMILES string of the molecule is Nc1ccccc1NC(=O)C1CC12CCCc1ccccc12. The van der Waals surface area contributed by atoms with Gasteiger partial charge in [0.05, 0.1) is 11.4 Å². The zero-order valence-electron chi connectivity index (χ0n) is 12.5. The van der Waals surface area contributed by atoms with E-state index in [1.54, 1.807) is 0 Å². The molecule has 1 saturated carbocycles. The second-order valence-electron chi connectivity index (χ2n) is 6.50. The molecular formula is C19H20N2O. The summed E-state index contributed by atoms with van der Waals surface area (Å²) >= 11 is 0. The fraction of sp³-hybridized carbons (Fsp3) is 0.316. The third kappa shape index (κ3) is 2.00. The van der Waals surface area contributed by atoms with Crippen molar-refractivity contribution >= 4 is 17.3 Å². The Balaban J connectivity index is 1.57. The number of amides is 1. The van der Waals surface area contributed by atoms with Crippen LogP contribution in [0.15, 0.2) is 48.5 Å². The van der Waals surface area contributed by atoms with Crippen LogP contribution in [-0.4, -0.2) is 5.91 Å². The molecule has 0 radical (unpaired) electrons. The van der Waals surface area contributed by atoms with Gasteiger partial charge >= 0.3 is 0 Å². The number of aryl methyl sites for hydroxylation is 1. The number of hydrogen-bond donors (Lipinski definition) is 2. The summed E-state index contributed by atoms with van der Waals surface area (Å²) in [7, 11) is 0. The first-order valence-electron chi connectivity index (χ1n) is 7.94. The standard InChI is InChI=1S/C19H20N2O/c20-16-9-3-4-10-17(16)21-18(22)15-12-19(15)11-5-7-13-6-1-2-8-14(13)19/h1-4,6,8-10,15H,5,7,11-12,20H2,(H,21,22). The van der Waals surface area contributed by atoms with Crippen molar-refractivity contribution in [2.75, 3.05) is 11.1 Å². The minimum absolute atomic E-state index is 0.0719. The van der Waals surface area contributed by atoms with E-state index in [0.29, 0.717) is 5.69 Å². The van der Waals surface area contributed by atoms with Crippen molar-refractivity contribution < 1.29 is 4.79 Å². The Kier molecular flexibility index (Phi) is 2.96. The monoisotopic (exact) mass is 292 g/mol. The molecule has 0 aromatic heterocycles. The number of nitrogen functional groups attached to an aromatic ring is 1. The van der Waals surface area contributed by atoms with Crippen LogP contribution in [-0.2, 0) is 16.6 Å². The Bertz CT molecular complexity index is 740. The molecular weight excluding hydrogens is 272 g/mol. The van der Waals surface area contributed by atoms with Crippen molar-refractivity contribution in [3.8, 4) is 0 Å². The highest BCUT2D eigenvalue weighted by Crippen LogP contribution is 2.60. The first kappa shape index (κ1) is 13.4. The van der Waals surface area contributed by atoms with Crippen molar-refractivity contribution in [3.05, 3.63) is 59.7 Å². The van der Waals surface area contributed by atoms with Gasteiger partial charge in [-0.2, -0.15) is 0 Å². The van der Waals surface area contributed by atoms with Crippen LogP contribution in [0.25, 0.3) is 0 Å². The van der Waals surface area contributed by atoms with Gasteiger partial charge in [0, 0.05) is 11.3 Å². The number of fused-ring (bicyclic) bond motifs is 2. The van der Waals surface area contributed by atoms with E-state index in [2.05, 4.69) is 29.6 Å². The van der Waals surface area contributed by atoms with E-state index < -0.39 is 0 Å². The van der Waals surface area contributed by atoms with Crippen LogP contribution < -0.4 is 11.1 Å². The molecule has 0 saturated heterocycles. The molecule has 2 atom stereocenters. The topological polar surface area (TPSA) is 55.1 Å². The largest absolute Gasteiger partial charge is 0.397 e. The summed E-state index contributed by atoms with van der Waals surface area (Å²) in [4.78, 5) is 12.6. The Morgan fingerprint density at radius 3 is 2.77 bits per heavy atom. The molecule has 3 N–H and O–H groups in total. The van der Waals surface area contributed by atoms with Crippen LogP contribution >= 0.6 is 0 Å². The predicted octanol–water partition coefficient (Wildman–Crippen LogP) is 3.50. The van der Waals surface area contributed by atoms with Crippen LogP contribution in [0.4, 0.5) is 11.4 Å². The number of hydrogen-bond acceptors (Lipinski definition) is 2. The summed E-state index contributed by atoms with van der Waals surface area (Å²) in [5.41, 5.74) is 10.1. The molecule has 2 aliphatic carbocycles. The minimum Gasteiger partial charge on any atom is -0.397 e. The van der Waals surface area contributed by atoms with Crippen molar-refractivity contribution in [1.82, 2.24) is 0 Å². The Hall–Kier alpha value is -2.29. The first-order chi connectivity index (χ1) is 10.7. The van der Waals surface area contributed by atoms with Crippen molar-refractivity contribution in [1.29, 1.82) is 0 Å². The lowest BCUT2D eigenvalue weighted by Crippen LogP contribution is -2.25. The molecule has 1 amide bonds. The van der Waals surface area contributed by atoms with Gasteiger partial charge in [-0.05, 0) is 48.9 Å². The van der Waals surface area contributed by atoms with E-state index in [-0.39, 0.29) is 17.2 Å². The normalized spacial score (nSPS) is 25.5. The molecule has 0 heterocycles. The molecule has 3 heteroatoms. The number of para-hydroxylation sites is 2. The summed E-state index contributed by atoms with van der Waals surface area (Å²) in [6.45, 7) is 0. The summed E-state index contributed by atoms with van der Waals surface area (Å²) in [5.74, 6) is 0.183. The number of anilines is 2. The third-order valence-electron chi connectivity index (χ3n) is 5.23. The van der Waals surface area contributed by atoms with Gasteiger partial charge in [0.25, 0.3) is 0 Å². The van der Waals surface area contributed by atoms with Gasteiger partial charge < -0.3 is 11.1 Å². The molecule has 22 heavy (non-hydrogen) atoms. The van der Waals surface area contributed by atoms with Gasteiger partial charge in [-0.1, -0.05) is 36.4 Å². The van der Waals surface area contributed by atoms with Crippen LogP contribution in [0, 0.1) is 5.92 Å². The average molecular weight is 292 g/mol. The van der Waals surface area contributed by atoms with E-state index in [0.717, 1.165) is 24.9 Å². The van der Waals surface area contributed by atoms with Gasteiger partial charge in [0.1, 0.15) is 0 Å². The summed E-state index contributed by atoms with van der Waals surface area (Å²) in [6.07, 6.45) is 4.39. The fourth-order valence-electron chi connectivity index (χ4n) is 4.01. The molecule has 2 aromatic carbocycles. The van der Waals surface area contributed by atoms with E-state index in [9.17, 15) is 4.79 Å². The fourth-order valence-corrected chi connectivity index (χ4v) is 4.01. The second kappa shape index (κ2) is 4.87. The Labute approximate surface area is 130 Å². The molecule has 3 nitrogen and oxygen atoms in total. The lowest BCUT2D eigenvalue weighted by molar-refractivity contribution is -0.117. The molecule has 1 spiro atoms. The van der Waals surface area contributed by atoms with Crippen LogP contribution in [0.1, 0.15) is 30.4 Å². The van der Waals surface area contributed by atoms with E-state index in [4.69, 9.17) is 5.73 Å². The van der Waals surface area contributed by atoms with Crippen LogP contribution in [0.2, 0.25) is 0 Å². The van der Waals surface area contributed by atoms with Gasteiger partial charge in [-0.25, -0.2) is 0 Å². The number of benzene rings is 2. The smallest absolute Gasteiger partial charge is 0.228 e. The van der Waals surface area contributed by atoms with Crippen LogP contribution in [0.3, 0.4) is 0 Å². The number of carbonyl (C=O) groups excluding carboxylic acids is 1. The zero-order chi connectivity index (χ0) is 15.2. The van der Waals surface area contributed by atoms with E-state index in [1.165, 1.54) is 17.5 Å². The maximum Gasteiger partial charge on any atom is 0.228 e. The highest BCUT2D eigenvalue weighted by atomic mass is 16.2. The second-order valence-corrected chi connectivity index (χ2v) is 6.50. The van der Waals surface area contributed by atoms with Crippen molar-refractivity contribution in [2.24, 2.45) is 5.92 Å². The lowest BCUT2D eigenvalue weighted by atomic mass is 9.78. The molecule has 2 aliphatic rings. The molecule has 1 fully saturated rings. The van der Waals surface area contributed by atoms with Crippen molar-refractivity contribution in [2.45, 2.75) is 31.1 Å². The predicted molar refractivity (Wildman–Crippen MR) is 88.6 cm³/mol. The molecule has 112 valence electrons. The van der Waals surface area contributed by atoms with Gasteiger partial charge in [-0.15, -0.1) is 0 Å². The molecule has 2 aromatic rings. The first-order valence-corrected chi connectivity index (χ1v) is 7.94. The summed E-state index contributed by atoms with van der Waals surface area (Å²) in [6, 6.07) is 16.0. The van der Waals surface area contributed by atoms with E-state index in [1.807, 2.05) is 24.3 Å². The zero-order valence-corrected chi connectivity index (χ0v) is 12.5. The Morgan fingerprint density at radius 2 is 1.91 bits per heavy atom. The van der Waals surface area contributed by atoms with Gasteiger partial charge in [0.2, 0.25) is 5.91 Å². The molecule has 0 bridgehead atoms. The summed E-state index contributed by atoms with van der Waals surface area (Å²) in [5, 5.41) is 3.01. The van der Waals surface area contributed by atoms with Gasteiger partial charge in [0.15, 0.2) is 0 Å². The Morgan fingerprint density at radius 1 is 1.14 bits per heavy atom. The van der Waals surface area contributed by atoms with Crippen LogP contribution in [0.5, 0.6) is 0 Å². The number of carbonyl (C=O) groups is 1. The average Bonchev–Trinajstić information content (AvgIpc) is 3.25. The number of rotatable bonds is 2. The molecule has 0 aliphatic heterocycles. The highest BCUT2D eigenvalue weighted by molar-refractivity contribution is 5.98. The minimum atomic E-state index is 0.0719. The highest BCUT2D eigenvalue weighted by Gasteiger charge is 2.60.